The fraction of sp³-hybridized carbons (Fsp3) is 1.00. The van der Waals surface area contributed by atoms with Gasteiger partial charge in [-0.05, 0) is 20.8 Å². The first-order valence-corrected chi connectivity index (χ1v) is 4.27. The summed E-state index contributed by atoms with van der Waals surface area (Å²) in [5.41, 5.74) is 3.62. The molecule has 0 radical (unpaired) electrons. The van der Waals surface area contributed by atoms with Crippen molar-refractivity contribution in [1.29, 1.82) is 0 Å². The van der Waals surface area contributed by atoms with Crippen molar-refractivity contribution in [2.75, 3.05) is 13.2 Å². The second kappa shape index (κ2) is 5.47. The van der Waals surface area contributed by atoms with Crippen LogP contribution >= 0.6 is 0 Å². The van der Waals surface area contributed by atoms with Crippen molar-refractivity contribution in [2.45, 2.75) is 39.0 Å². The normalized spacial score (nSPS) is 16.6. The van der Waals surface area contributed by atoms with Crippen LogP contribution in [0.3, 0.4) is 0 Å². The molecule has 0 amide bonds. The third kappa shape index (κ3) is 3.54. The van der Waals surface area contributed by atoms with Gasteiger partial charge in [-0.15, -0.1) is 0 Å². The Hall–Kier alpha value is -0.260. The van der Waals surface area contributed by atoms with Crippen LogP contribution in [0.25, 0.3) is 0 Å². The molecule has 1 unspecified atom stereocenters. The molecule has 0 saturated heterocycles. The summed E-state index contributed by atoms with van der Waals surface area (Å²) in [4.78, 5) is 0. The second-order valence-electron chi connectivity index (χ2n) is 2.91. The third-order valence-corrected chi connectivity index (χ3v) is 1.61. The Morgan fingerprint density at radius 1 is 1.23 bits per heavy atom. The van der Waals surface area contributed by atoms with Crippen molar-refractivity contribution < 1.29 is 18.3 Å². The minimum absolute atomic E-state index is 0.296. The zero-order valence-corrected chi connectivity index (χ0v) is 8.22. The third-order valence-electron chi connectivity index (χ3n) is 1.61. The van der Waals surface area contributed by atoms with Gasteiger partial charge in [0.2, 0.25) is 0 Å². The van der Waals surface area contributed by atoms with E-state index in [0.29, 0.717) is 13.2 Å². The van der Waals surface area contributed by atoms with E-state index in [1.54, 1.807) is 13.8 Å². The van der Waals surface area contributed by atoms with Gasteiger partial charge >= 0.3 is 0 Å². The topological polar surface area (TPSA) is 44.5 Å². The van der Waals surface area contributed by atoms with Gasteiger partial charge in [0.1, 0.15) is 5.54 Å². The lowest BCUT2D eigenvalue weighted by atomic mass is 10.0. The molecule has 13 heavy (non-hydrogen) atoms. The van der Waals surface area contributed by atoms with E-state index >= 15 is 0 Å². The van der Waals surface area contributed by atoms with E-state index in [-0.39, 0.29) is 0 Å². The molecular formula is C8H17F2NO2. The highest BCUT2D eigenvalue weighted by Gasteiger charge is 2.40. The maximum absolute atomic E-state index is 12.4. The maximum Gasteiger partial charge on any atom is 0.260 e. The summed E-state index contributed by atoms with van der Waals surface area (Å²) >= 11 is 0. The van der Waals surface area contributed by atoms with Crippen LogP contribution < -0.4 is 5.73 Å². The van der Waals surface area contributed by atoms with Crippen LogP contribution in [-0.2, 0) is 9.47 Å². The largest absolute Gasteiger partial charge is 0.351 e. The van der Waals surface area contributed by atoms with Crippen LogP contribution in [0.1, 0.15) is 20.8 Å². The Kier molecular flexibility index (Phi) is 5.36. The summed E-state index contributed by atoms with van der Waals surface area (Å²) in [5.74, 6) is 0. The summed E-state index contributed by atoms with van der Waals surface area (Å²) in [6.07, 6.45) is -3.72. The van der Waals surface area contributed by atoms with Crippen LogP contribution in [0.4, 0.5) is 8.78 Å². The standard InChI is InChI=1S/C8H17F2NO2/c1-4-12-7(13-5-2)8(3,11)6(9)10/h6-7H,4-5,11H2,1-3H3. The van der Waals surface area contributed by atoms with Gasteiger partial charge in [-0.1, -0.05) is 0 Å². The number of hydrogen-bond donors (Lipinski definition) is 1. The molecule has 0 saturated carbocycles. The van der Waals surface area contributed by atoms with E-state index < -0.39 is 18.3 Å². The van der Waals surface area contributed by atoms with Crippen LogP contribution in [0, 0.1) is 0 Å². The highest BCUT2D eigenvalue weighted by molar-refractivity contribution is 4.85. The van der Waals surface area contributed by atoms with Gasteiger partial charge in [0.25, 0.3) is 6.43 Å². The van der Waals surface area contributed by atoms with E-state index in [9.17, 15) is 8.78 Å². The molecule has 0 fully saturated rings. The molecule has 0 aromatic rings. The highest BCUT2D eigenvalue weighted by atomic mass is 19.3. The van der Waals surface area contributed by atoms with Crippen LogP contribution in [0.5, 0.6) is 0 Å². The van der Waals surface area contributed by atoms with E-state index in [1.165, 1.54) is 6.92 Å². The van der Waals surface area contributed by atoms with Gasteiger partial charge < -0.3 is 15.2 Å². The number of rotatable bonds is 6. The number of hydrogen-bond acceptors (Lipinski definition) is 3. The first kappa shape index (κ1) is 12.7. The van der Waals surface area contributed by atoms with Gasteiger partial charge in [0.15, 0.2) is 6.29 Å². The number of ether oxygens (including phenoxy) is 2. The Morgan fingerprint density at radius 2 is 1.62 bits per heavy atom. The van der Waals surface area contributed by atoms with Gasteiger partial charge in [0, 0.05) is 13.2 Å². The first-order valence-electron chi connectivity index (χ1n) is 4.27. The molecule has 0 heterocycles. The second-order valence-corrected chi connectivity index (χ2v) is 2.91. The predicted octanol–water partition coefficient (Wildman–Crippen LogP) is 1.37. The Morgan fingerprint density at radius 3 is 1.85 bits per heavy atom. The van der Waals surface area contributed by atoms with Crippen molar-refractivity contribution in [2.24, 2.45) is 5.73 Å². The Bertz CT molecular complexity index is 136. The first-order chi connectivity index (χ1) is 5.96. The summed E-state index contributed by atoms with van der Waals surface area (Å²) in [6.45, 7) is 5.21. The zero-order valence-electron chi connectivity index (χ0n) is 8.22. The fourth-order valence-electron chi connectivity index (χ4n) is 0.813. The van der Waals surface area contributed by atoms with Crippen LogP contribution in [0.2, 0.25) is 0 Å². The average molecular weight is 197 g/mol. The zero-order chi connectivity index (χ0) is 10.5. The van der Waals surface area contributed by atoms with Crippen molar-refractivity contribution in [3.63, 3.8) is 0 Å². The van der Waals surface area contributed by atoms with Gasteiger partial charge in [-0.2, -0.15) is 0 Å². The molecule has 0 aliphatic heterocycles. The number of alkyl halides is 2. The molecule has 0 rings (SSSR count). The molecule has 2 N–H and O–H groups in total. The molecule has 0 bridgehead atoms. The predicted molar refractivity (Wildman–Crippen MR) is 45.6 cm³/mol. The fourth-order valence-corrected chi connectivity index (χ4v) is 0.813. The van der Waals surface area contributed by atoms with Crippen LogP contribution in [-0.4, -0.2) is 31.5 Å². The van der Waals surface area contributed by atoms with E-state index in [2.05, 4.69) is 0 Å². The molecule has 0 aliphatic rings. The van der Waals surface area contributed by atoms with Crippen LogP contribution in [0.15, 0.2) is 0 Å². The lowest BCUT2D eigenvalue weighted by Crippen LogP contribution is -2.56. The molecule has 0 aromatic carbocycles. The highest BCUT2D eigenvalue weighted by Crippen LogP contribution is 2.20. The van der Waals surface area contributed by atoms with E-state index in [0.717, 1.165) is 0 Å². The SMILES string of the molecule is CCOC(OCC)C(C)(N)C(F)F. The monoisotopic (exact) mass is 197 g/mol. The summed E-state index contributed by atoms with van der Waals surface area (Å²) in [7, 11) is 0. The molecule has 0 aromatic heterocycles. The lowest BCUT2D eigenvalue weighted by Gasteiger charge is -2.32. The molecule has 0 spiro atoms. The molecule has 80 valence electrons. The van der Waals surface area contributed by atoms with Crippen molar-refractivity contribution in [3.8, 4) is 0 Å². The summed E-state index contributed by atoms with van der Waals surface area (Å²) in [6, 6.07) is 0. The molecule has 0 aliphatic carbocycles. The lowest BCUT2D eigenvalue weighted by molar-refractivity contribution is -0.197. The number of halogens is 2. The van der Waals surface area contributed by atoms with Crippen molar-refractivity contribution in [1.82, 2.24) is 0 Å². The minimum atomic E-state index is -2.67. The Balaban J connectivity index is 4.31. The van der Waals surface area contributed by atoms with E-state index in [4.69, 9.17) is 15.2 Å². The molecule has 3 nitrogen and oxygen atoms in total. The Labute approximate surface area is 77.2 Å². The van der Waals surface area contributed by atoms with Gasteiger partial charge in [0.05, 0.1) is 0 Å². The molecule has 1 atom stereocenters. The minimum Gasteiger partial charge on any atom is -0.351 e. The average Bonchev–Trinajstić information content (AvgIpc) is 2.03. The number of nitrogens with two attached hydrogens (primary N) is 1. The summed E-state index contributed by atoms with van der Waals surface area (Å²) in [5, 5.41) is 0. The van der Waals surface area contributed by atoms with E-state index in [1.807, 2.05) is 0 Å². The smallest absolute Gasteiger partial charge is 0.260 e. The van der Waals surface area contributed by atoms with Gasteiger partial charge in [-0.3, -0.25) is 0 Å². The summed E-state index contributed by atoms with van der Waals surface area (Å²) < 4.78 is 34.8. The van der Waals surface area contributed by atoms with Crippen molar-refractivity contribution in [3.05, 3.63) is 0 Å². The van der Waals surface area contributed by atoms with Crippen molar-refractivity contribution >= 4 is 0 Å². The molecular weight excluding hydrogens is 180 g/mol. The quantitative estimate of drug-likeness (QED) is 0.654. The van der Waals surface area contributed by atoms with Gasteiger partial charge in [-0.25, -0.2) is 8.78 Å². The maximum atomic E-state index is 12.4. The molecule has 5 heteroatoms.